The lowest BCUT2D eigenvalue weighted by Crippen LogP contribution is -2.18. The van der Waals surface area contributed by atoms with E-state index >= 15 is 0 Å². The third-order valence-electron chi connectivity index (χ3n) is 0.646. The van der Waals surface area contributed by atoms with Crippen LogP contribution >= 0.6 is 7.82 Å². The lowest BCUT2D eigenvalue weighted by molar-refractivity contribution is 0.0419. The molecule has 0 aliphatic rings. The van der Waals surface area contributed by atoms with Crippen molar-refractivity contribution in [2.45, 2.75) is 6.10 Å². The van der Waals surface area contributed by atoms with E-state index in [1.165, 1.54) is 0 Å². The number of phosphoric acid groups is 1. The lowest BCUT2D eigenvalue weighted by atomic mass is 10.4. The Morgan fingerprint density at radius 3 is 2.18 bits per heavy atom. The summed E-state index contributed by atoms with van der Waals surface area (Å²) >= 11 is 0. The summed E-state index contributed by atoms with van der Waals surface area (Å²) in [7, 11) is -4.50. The van der Waals surface area contributed by atoms with Crippen molar-refractivity contribution in [3.8, 4) is 0 Å². The molecule has 0 saturated carbocycles. The van der Waals surface area contributed by atoms with Crippen LogP contribution in [0, 0.1) is 7.43 Å². The van der Waals surface area contributed by atoms with E-state index in [2.05, 4.69) is 4.52 Å². The van der Waals surface area contributed by atoms with Gasteiger partial charge in [-0.3, -0.25) is 4.52 Å². The van der Waals surface area contributed by atoms with Gasteiger partial charge in [-0.2, -0.15) is 0 Å². The van der Waals surface area contributed by atoms with Crippen molar-refractivity contribution in [2.24, 2.45) is 0 Å². The number of rotatable bonds is 4. The fraction of sp³-hybridized carbons (Fsp3) is 0.750. The van der Waals surface area contributed by atoms with Crippen molar-refractivity contribution in [1.82, 2.24) is 0 Å². The van der Waals surface area contributed by atoms with Crippen molar-refractivity contribution in [3.05, 3.63) is 7.43 Å². The van der Waals surface area contributed by atoms with Crippen LogP contribution < -0.4 is 0 Å². The third kappa shape index (κ3) is 10.0. The highest BCUT2D eigenvalue weighted by atomic mass is 31.2. The first-order chi connectivity index (χ1) is 4.45. The van der Waals surface area contributed by atoms with Crippen molar-refractivity contribution < 1.29 is 29.1 Å². The zero-order valence-electron chi connectivity index (χ0n) is 5.54. The highest BCUT2D eigenvalue weighted by Gasteiger charge is 2.15. The van der Waals surface area contributed by atoms with Crippen LogP contribution in [0.3, 0.4) is 0 Å². The smallest absolute Gasteiger partial charge is 0.394 e. The van der Waals surface area contributed by atoms with E-state index in [1.54, 1.807) is 0 Å². The standard InChI is InChI=1S/C3H9O6P.C/c4-1-3(5)2-9-10(6,7)8;/h3-5H,1-2H2,(H2,6,7,8);. The van der Waals surface area contributed by atoms with E-state index in [1.807, 2.05) is 0 Å². The fourth-order valence-electron chi connectivity index (χ4n) is 0.236. The van der Waals surface area contributed by atoms with Gasteiger partial charge in [-0.25, -0.2) is 4.57 Å². The van der Waals surface area contributed by atoms with Gasteiger partial charge < -0.3 is 20.0 Å². The van der Waals surface area contributed by atoms with Crippen LogP contribution in [-0.2, 0) is 9.09 Å². The molecule has 0 bridgehead atoms. The molecule has 0 rings (SSSR count). The molecule has 11 heavy (non-hydrogen) atoms. The molecule has 1 unspecified atom stereocenters. The summed E-state index contributed by atoms with van der Waals surface area (Å²) in [5, 5.41) is 16.7. The summed E-state index contributed by atoms with van der Waals surface area (Å²) in [6.07, 6.45) is -1.24. The van der Waals surface area contributed by atoms with Gasteiger partial charge in [0.05, 0.1) is 13.2 Å². The second kappa shape index (κ2) is 5.65. The first-order valence-electron chi connectivity index (χ1n) is 2.44. The molecule has 0 aliphatic carbocycles. The van der Waals surface area contributed by atoms with Crippen LogP contribution in [-0.4, -0.2) is 39.3 Å². The van der Waals surface area contributed by atoms with Gasteiger partial charge in [-0.1, -0.05) is 0 Å². The Morgan fingerprint density at radius 2 is 1.91 bits per heavy atom. The zero-order chi connectivity index (χ0) is 8.20. The first kappa shape index (κ1) is 13.6. The van der Waals surface area contributed by atoms with Gasteiger partial charge in [0.2, 0.25) is 0 Å². The zero-order valence-corrected chi connectivity index (χ0v) is 6.44. The minimum Gasteiger partial charge on any atom is -0.394 e. The average Bonchev–Trinajstić information content (AvgIpc) is 1.81. The molecule has 66 valence electrons. The van der Waals surface area contributed by atoms with Gasteiger partial charge in [0, 0.05) is 7.43 Å². The molecule has 0 aromatic heterocycles. The summed E-state index contributed by atoms with van der Waals surface area (Å²) in [4.78, 5) is 16.1. The molecule has 7 heteroatoms. The Bertz CT molecular complexity index is 131. The molecule has 1 atom stereocenters. The van der Waals surface area contributed by atoms with Gasteiger partial charge in [0.1, 0.15) is 6.10 Å². The Balaban J connectivity index is 0. The number of hydrogen-bond donors (Lipinski definition) is 4. The van der Waals surface area contributed by atoms with Gasteiger partial charge in [0.15, 0.2) is 0 Å². The highest BCUT2D eigenvalue weighted by molar-refractivity contribution is 7.46. The van der Waals surface area contributed by atoms with Crippen LogP contribution in [0.2, 0.25) is 0 Å². The Hall–Kier alpha value is 0.0300. The molecule has 4 radical (unpaired) electrons. The van der Waals surface area contributed by atoms with Crippen LogP contribution in [0.5, 0.6) is 0 Å². The van der Waals surface area contributed by atoms with E-state index in [-0.39, 0.29) is 7.43 Å². The van der Waals surface area contributed by atoms with Crippen LogP contribution in [0.4, 0.5) is 0 Å². The summed E-state index contributed by atoms with van der Waals surface area (Å²) in [5.41, 5.74) is 0. The molecule has 6 nitrogen and oxygen atoms in total. The topological polar surface area (TPSA) is 107 Å². The first-order valence-corrected chi connectivity index (χ1v) is 3.98. The molecule has 4 N–H and O–H groups in total. The van der Waals surface area contributed by atoms with Crippen LogP contribution in [0.25, 0.3) is 0 Å². The maximum Gasteiger partial charge on any atom is 0.469 e. The minimum atomic E-state index is -4.50. The predicted octanol–water partition coefficient (Wildman–Crippen LogP) is -1.47. The van der Waals surface area contributed by atoms with Crippen molar-refractivity contribution in [2.75, 3.05) is 13.2 Å². The van der Waals surface area contributed by atoms with E-state index in [9.17, 15) is 4.57 Å². The second-order valence-corrected chi connectivity index (χ2v) is 2.86. The molecule has 0 aromatic carbocycles. The largest absolute Gasteiger partial charge is 0.469 e. The summed E-state index contributed by atoms with van der Waals surface area (Å²) in [6, 6.07) is 0. The molecular formula is C4H9O6P. The third-order valence-corrected chi connectivity index (χ3v) is 1.13. The number of aliphatic hydroxyl groups excluding tert-OH is 2. The second-order valence-electron chi connectivity index (χ2n) is 1.62. The van der Waals surface area contributed by atoms with Crippen molar-refractivity contribution >= 4 is 7.82 Å². The number of hydrogen-bond acceptors (Lipinski definition) is 4. The maximum absolute atomic E-state index is 9.93. The molecule has 0 aromatic rings. The monoisotopic (exact) mass is 184 g/mol. The molecular weight excluding hydrogens is 175 g/mol. The Kier molecular flexibility index (Phi) is 6.99. The molecule has 0 amide bonds. The van der Waals surface area contributed by atoms with Crippen molar-refractivity contribution in [1.29, 1.82) is 0 Å². The quantitative estimate of drug-likeness (QED) is 0.397. The minimum absolute atomic E-state index is 0. The molecule has 0 fully saturated rings. The number of aliphatic hydroxyl groups is 2. The maximum atomic E-state index is 9.93. The Morgan fingerprint density at radius 1 is 1.45 bits per heavy atom. The Labute approximate surface area is 64.7 Å². The van der Waals surface area contributed by atoms with E-state index in [0.717, 1.165) is 0 Å². The highest BCUT2D eigenvalue weighted by Crippen LogP contribution is 2.35. The molecule has 0 spiro atoms. The van der Waals surface area contributed by atoms with Gasteiger partial charge >= 0.3 is 7.82 Å². The summed E-state index contributed by atoms with van der Waals surface area (Å²) < 4.78 is 13.8. The number of phosphoric ester groups is 1. The summed E-state index contributed by atoms with van der Waals surface area (Å²) in [6.45, 7) is -1.15. The molecule has 0 heterocycles. The van der Waals surface area contributed by atoms with E-state index < -0.39 is 27.1 Å². The van der Waals surface area contributed by atoms with E-state index in [0.29, 0.717) is 0 Å². The SMILES string of the molecule is O=P(O)(O)OCC(O)CO.[C]. The predicted molar refractivity (Wildman–Crippen MR) is 34.3 cm³/mol. The van der Waals surface area contributed by atoms with Crippen LogP contribution in [0.1, 0.15) is 0 Å². The lowest BCUT2D eigenvalue weighted by Gasteiger charge is -2.07. The molecule has 0 aliphatic heterocycles. The summed E-state index contributed by atoms with van der Waals surface area (Å²) in [5.74, 6) is 0. The molecule has 0 saturated heterocycles. The van der Waals surface area contributed by atoms with E-state index in [4.69, 9.17) is 20.0 Å². The normalized spacial score (nSPS) is 13.8. The average molecular weight is 184 g/mol. The van der Waals surface area contributed by atoms with Gasteiger partial charge in [-0.15, -0.1) is 0 Å². The fourth-order valence-corrected chi connectivity index (χ4v) is 0.602. The van der Waals surface area contributed by atoms with Crippen LogP contribution in [0.15, 0.2) is 0 Å². The van der Waals surface area contributed by atoms with Gasteiger partial charge in [0.25, 0.3) is 0 Å². The van der Waals surface area contributed by atoms with Gasteiger partial charge in [-0.05, 0) is 0 Å². The van der Waals surface area contributed by atoms with Crippen molar-refractivity contribution in [3.63, 3.8) is 0 Å².